The second-order valence-corrected chi connectivity index (χ2v) is 6.37. The minimum Gasteiger partial charge on any atom is -0.315 e. The van der Waals surface area contributed by atoms with Gasteiger partial charge in [0.15, 0.2) is 0 Å². The molecule has 1 aliphatic heterocycles. The fraction of sp³-hybridized carbons (Fsp3) is 0.316. The molecule has 1 atom stereocenters. The van der Waals surface area contributed by atoms with E-state index in [-0.39, 0.29) is 18.3 Å². The number of anilines is 1. The first-order valence-electron chi connectivity index (χ1n) is 8.40. The van der Waals surface area contributed by atoms with E-state index >= 15 is 0 Å². The van der Waals surface area contributed by atoms with Gasteiger partial charge in [-0.05, 0) is 36.4 Å². The quantitative estimate of drug-likeness (QED) is 0.804. The van der Waals surface area contributed by atoms with Crippen molar-refractivity contribution in [3.8, 4) is 0 Å². The second-order valence-electron chi connectivity index (χ2n) is 5.94. The molecule has 1 aliphatic rings. The van der Waals surface area contributed by atoms with Gasteiger partial charge >= 0.3 is 0 Å². The Hall–Kier alpha value is -1.95. The number of rotatable bonds is 5. The van der Waals surface area contributed by atoms with Gasteiger partial charge in [-0.1, -0.05) is 36.7 Å². The number of fused-ring (bicyclic) bond motifs is 1. The van der Waals surface area contributed by atoms with Gasteiger partial charge in [0.1, 0.15) is 5.82 Å². The van der Waals surface area contributed by atoms with Crippen molar-refractivity contribution in [3.05, 3.63) is 64.4 Å². The van der Waals surface area contributed by atoms with Crippen LogP contribution >= 0.6 is 11.6 Å². The Morgan fingerprint density at radius 3 is 2.84 bits per heavy atom. The number of hydrogen-bond acceptors (Lipinski definition) is 3. The summed E-state index contributed by atoms with van der Waals surface area (Å²) in [5, 5.41) is 6.97. The van der Waals surface area contributed by atoms with Crippen molar-refractivity contribution in [3.63, 3.8) is 0 Å². The summed E-state index contributed by atoms with van der Waals surface area (Å²) in [5.41, 5.74) is 2.08. The first kappa shape index (κ1) is 17.9. The van der Waals surface area contributed by atoms with Gasteiger partial charge < -0.3 is 10.2 Å². The van der Waals surface area contributed by atoms with Crippen LogP contribution in [0.3, 0.4) is 0 Å². The highest BCUT2D eigenvalue weighted by Crippen LogP contribution is 2.35. The van der Waals surface area contributed by atoms with Crippen molar-refractivity contribution in [2.24, 2.45) is 0 Å². The SMILES string of the molecule is CCNCCN1C(=O)CNC(c2ccccc2F)c2cc(Cl)ccc21. The molecule has 0 saturated heterocycles. The van der Waals surface area contributed by atoms with Crippen LogP contribution in [-0.4, -0.2) is 32.1 Å². The summed E-state index contributed by atoms with van der Waals surface area (Å²) in [5.74, 6) is -0.347. The van der Waals surface area contributed by atoms with Crippen LogP contribution in [0.25, 0.3) is 0 Å². The Bertz CT molecular complexity index is 768. The molecule has 1 amide bonds. The Kier molecular flexibility index (Phi) is 5.68. The molecule has 1 unspecified atom stereocenters. The predicted octanol–water partition coefficient (Wildman–Crippen LogP) is 3.11. The highest BCUT2D eigenvalue weighted by atomic mass is 35.5. The fourth-order valence-corrected chi connectivity index (χ4v) is 3.31. The van der Waals surface area contributed by atoms with Gasteiger partial charge in [0.05, 0.1) is 12.6 Å². The molecule has 0 radical (unpaired) electrons. The maximum atomic E-state index is 14.4. The second kappa shape index (κ2) is 7.95. The molecule has 2 aromatic carbocycles. The lowest BCUT2D eigenvalue weighted by molar-refractivity contribution is -0.117. The summed E-state index contributed by atoms with van der Waals surface area (Å²) in [6.07, 6.45) is 0. The van der Waals surface area contributed by atoms with Crippen molar-refractivity contribution in [2.75, 3.05) is 31.1 Å². The smallest absolute Gasteiger partial charge is 0.241 e. The Labute approximate surface area is 152 Å². The molecule has 0 spiro atoms. The minimum atomic E-state index is -0.428. The van der Waals surface area contributed by atoms with Crippen LogP contribution < -0.4 is 15.5 Å². The monoisotopic (exact) mass is 361 g/mol. The summed E-state index contributed by atoms with van der Waals surface area (Å²) in [6, 6.07) is 11.6. The van der Waals surface area contributed by atoms with Gasteiger partial charge in [0, 0.05) is 29.4 Å². The summed E-state index contributed by atoms with van der Waals surface area (Å²) < 4.78 is 14.4. The van der Waals surface area contributed by atoms with Gasteiger partial charge in [0.25, 0.3) is 0 Å². The highest BCUT2D eigenvalue weighted by Gasteiger charge is 2.29. The van der Waals surface area contributed by atoms with Gasteiger partial charge in [-0.3, -0.25) is 10.1 Å². The van der Waals surface area contributed by atoms with E-state index in [1.165, 1.54) is 6.07 Å². The third kappa shape index (κ3) is 3.84. The molecule has 132 valence electrons. The Morgan fingerprint density at radius 2 is 2.08 bits per heavy atom. The number of halogens is 2. The lowest BCUT2D eigenvalue weighted by atomic mass is 9.96. The number of amides is 1. The van der Waals surface area contributed by atoms with Gasteiger partial charge in [0.2, 0.25) is 5.91 Å². The molecule has 1 heterocycles. The normalized spacial score (nSPS) is 17.3. The summed E-state index contributed by atoms with van der Waals surface area (Å²) in [7, 11) is 0. The maximum absolute atomic E-state index is 14.4. The molecule has 4 nitrogen and oxygen atoms in total. The van der Waals surface area contributed by atoms with Crippen LogP contribution in [0.2, 0.25) is 5.02 Å². The van der Waals surface area contributed by atoms with Crippen molar-refractivity contribution in [2.45, 2.75) is 13.0 Å². The first-order valence-corrected chi connectivity index (χ1v) is 8.78. The van der Waals surface area contributed by atoms with E-state index in [0.717, 1.165) is 17.8 Å². The van der Waals surface area contributed by atoms with Crippen LogP contribution in [0.1, 0.15) is 24.1 Å². The molecule has 2 N–H and O–H groups in total. The van der Waals surface area contributed by atoms with E-state index in [2.05, 4.69) is 10.6 Å². The van der Waals surface area contributed by atoms with Gasteiger partial charge in [-0.2, -0.15) is 0 Å². The van der Waals surface area contributed by atoms with Crippen molar-refractivity contribution >= 4 is 23.2 Å². The van der Waals surface area contributed by atoms with E-state index in [1.807, 2.05) is 13.0 Å². The molecule has 0 saturated carbocycles. The van der Waals surface area contributed by atoms with Crippen molar-refractivity contribution in [1.29, 1.82) is 0 Å². The lowest BCUT2D eigenvalue weighted by Crippen LogP contribution is -2.40. The third-order valence-electron chi connectivity index (χ3n) is 4.33. The maximum Gasteiger partial charge on any atom is 0.241 e. The number of nitrogens with zero attached hydrogens (tertiary/aromatic N) is 1. The van der Waals surface area contributed by atoms with Crippen LogP contribution in [-0.2, 0) is 4.79 Å². The average molecular weight is 362 g/mol. The van der Waals surface area contributed by atoms with Crippen LogP contribution in [0.15, 0.2) is 42.5 Å². The zero-order chi connectivity index (χ0) is 17.8. The first-order chi connectivity index (χ1) is 12.1. The van der Waals surface area contributed by atoms with E-state index < -0.39 is 6.04 Å². The summed E-state index contributed by atoms with van der Waals surface area (Å²) in [6.45, 7) is 4.23. The van der Waals surface area contributed by atoms with Gasteiger partial charge in [-0.25, -0.2) is 4.39 Å². The lowest BCUT2D eigenvalue weighted by Gasteiger charge is -2.24. The molecule has 0 aromatic heterocycles. The van der Waals surface area contributed by atoms with E-state index in [1.54, 1.807) is 35.2 Å². The number of benzene rings is 2. The molecule has 0 bridgehead atoms. The number of carbonyl (C=O) groups excluding carboxylic acids is 1. The Balaban J connectivity index is 2.05. The molecule has 0 aliphatic carbocycles. The van der Waals surface area contributed by atoms with Crippen LogP contribution in [0.5, 0.6) is 0 Å². The highest BCUT2D eigenvalue weighted by molar-refractivity contribution is 6.30. The standard InChI is InChI=1S/C19H21ClFN3O/c1-2-22-9-10-24-17-8-7-13(20)11-15(17)19(23-12-18(24)25)14-5-3-4-6-16(14)21/h3-8,11,19,22-23H,2,9-10,12H2,1H3. The fourth-order valence-electron chi connectivity index (χ4n) is 3.13. The third-order valence-corrected chi connectivity index (χ3v) is 4.56. The molecule has 3 rings (SSSR count). The van der Waals surface area contributed by atoms with E-state index in [9.17, 15) is 9.18 Å². The zero-order valence-electron chi connectivity index (χ0n) is 14.1. The molecular formula is C19H21ClFN3O. The Morgan fingerprint density at radius 1 is 1.28 bits per heavy atom. The zero-order valence-corrected chi connectivity index (χ0v) is 14.8. The van der Waals surface area contributed by atoms with E-state index in [4.69, 9.17) is 11.6 Å². The molecule has 2 aromatic rings. The topological polar surface area (TPSA) is 44.4 Å². The predicted molar refractivity (Wildman–Crippen MR) is 98.6 cm³/mol. The molecule has 25 heavy (non-hydrogen) atoms. The molecule has 0 fully saturated rings. The van der Waals surface area contributed by atoms with E-state index in [0.29, 0.717) is 23.7 Å². The number of likely N-dealkylation sites (N-methyl/N-ethyl adjacent to an activating group) is 1. The van der Waals surface area contributed by atoms with Gasteiger partial charge in [-0.15, -0.1) is 0 Å². The number of carbonyl (C=O) groups is 1. The minimum absolute atomic E-state index is 0.0414. The van der Waals surface area contributed by atoms with Crippen molar-refractivity contribution < 1.29 is 9.18 Å². The van der Waals surface area contributed by atoms with Crippen LogP contribution in [0, 0.1) is 5.82 Å². The molecular weight excluding hydrogens is 341 g/mol. The average Bonchev–Trinajstić information content (AvgIpc) is 2.73. The largest absolute Gasteiger partial charge is 0.315 e. The van der Waals surface area contributed by atoms with Crippen molar-refractivity contribution in [1.82, 2.24) is 10.6 Å². The molecule has 6 heteroatoms. The summed E-state index contributed by atoms with van der Waals surface area (Å²) >= 11 is 6.20. The number of hydrogen-bond donors (Lipinski definition) is 2. The van der Waals surface area contributed by atoms with Crippen LogP contribution in [0.4, 0.5) is 10.1 Å². The number of nitrogens with one attached hydrogen (secondary N) is 2. The summed E-state index contributed by atoms with van der Waals surface area (Å²) in [4.78, 5) is 14.4.